The fourth-order valence-electron chi connectivity index (χ4n) is 6.29. The van der Waals surface area contributed by atoms with Gasteiger partial charge in [-0.2, -0.15) is 0 Å². The molecular weight excluding hydrogens is 506 g/mol. The predicted octanol–water partition coefficient (Wildman–Crippen LogP) is 5.62. The van der Waals surface area contributed by atoms with Crippen molar-refractivity contribution in [3.05, 3.63) is 36.4 Å². The molecule has 8 nitrogen and oxygen atoms in total. The minimum absolute atomic E-state index is 0.239. The van der Waals surface area contributed by atoms with Gasteiger partial charge in [0.15, 0.2) is 23.0 Å². The number of pyridine rings is 1. The summed E-state index contributed by atoms with van der Waals surface area (Å²) in [6.45, 7) is 8.11. The van der Waals surface area contributed by atoms with Gasteiger partial charge in [0.2, 0.25) is 12.7 Å². The Morgan fingerprint density at radius 2 is 1.45 bits per heavy atom. The largest absolute Gasteiger partial charge is 0.493 e. The third kappa shape index (κ3) is 4.95. The monoisotopic (exact) mass is 543 g/mol. The molecule has 2 saturated heterocycles. The molecule has 0 N–H and O–H groups in total. The lowest BCUT2D eigenvalue weighted by Crippen LogP contribution is -2.25. The second-order valence-corrected chi connectivity index (χ2v) is 11.0. The van der Waals surface area contributed by atoms with E-state index in [0.29, 0.717) is 24.8 Å². The van der Waals surface area contributed by atoms with E-state index < -0.39 is 0 Å². The molecule has 3 aliphatic rings. The van der Waals surface area contributed by atoms with Crippen LogP contribution in [-0.4, -0.2) is 81.2 Å². The van der Waals surface area contributed by atoms with Gasteiger partial charge < -0.3 is 28.6 Å². The highest BCUT2D eigenvalue weighted by molar-refractivity contribution is 6.17. The zero-order valence-corrected chi connectivity index (χ0v) is 23.2. The SMILES string of the molecule is COc1cc2c(OCCN3CCCC3)nc3c4cc5c(cc4ccc3c2cc1OCCCN1CCCC1)OCO5. The molecule has 0 atom stereocenters. The van der Waals surface area contributed by atoms with Gasteiger partial charge in [0.25, 0.3) is 0 Å². The number of benzene rings is 3. The van der Waals surface area contributed by atoms with Gasteiger partial charge in [0, 0.05) is 34.6 Å². The second kappa shape index (κ2) is 11.2. The van der Waals surface area contributed by atoms with Crippen molar-refractivity contribution in [2.45, 2.75) is 32.1 Å². The van der Waals surface area contributed by atoms with Crippen LogP contribution in [0, 0.1) is 0 Å². The molecule has 4 heterocycles. The van der Waals surface area contributed by atoms with E-state index in [-0.39, 0.29) is 6.79 Å². The van der Waals surface area contributed by atoms with Crippen LogP contribution in [0.25, 0.3) is 32.4 Å². The van der Waals surface area contributed by atoms with Crippen LogP contribution in [0.5, 0.6) is 28.9 Å². The Morgan fingerprint density at radius 1 is 0.725 bits per heavy atom. The summed E-state index contributed by atoms with van der Waals surface area (Å²) in [4.78, 5) is 10.1. The molecule has 8 heteroatoms. The lowest BCUT2D eigenvalue weighted by molar-refractivity contribution is 0.174. The summed E-state index contributed by atoms with van der Waals surface area (Å²) in [7, 11) is 1.69. The Bertz CT molecular complexity index is 1530. The molecule has 0 bridgehead atoms. The van der Waals surface area contributed by atoms with E-state index in [2.05, 4.69) is 28.0 Å². The first-order valence-electron chi connectivity index (χ1n) is 14.6. The van der Waals surface area contributed by atoms with E-state index in [1.807, 2.05) is 18.2 Å². The number of ether oxygens (including phenoxy) is 5. The van der Waals surface area contributed by atoms with E-state index in [9.17, 15) is 0 Å². The lowest BCUT2D eigenvalue weighted by atomic mass is 10.0. The molecule has 2 fully saturated rings. The molecule has 0 amide bonds. The maximum atomic E-state index is 6.42. The van der Waals surface area contributed by atoms with Crippen molar-refractivity contribution in [3.63, 3.8) is 0 Å². The van der Waals surface area contributed by atoms with Gasteiger partial charge in [0.05, 0.1) is 19.2 Å². The topological polar surface area (TPSA) is 65.5 Å². The van der Waals surface area contributed by atoms with E-state index in [0.717, 1.165) is 82.3 Å². The predicted molar refractivity (Wildman–Crippen MR) is 156 cm³/mol. The molecule has 0 unspecified atom stereocenters. The van der Waals surface area contributed by atoms with Crippen molar-refractivity contribution in [1.29, 1.82) is 0 Å². The number of hydrogen-bond donors (Lipinski definition) is 0. The van der Waals surface area contributed by atoms with Gasteiger partial charge in [0.1, 0.15) is 6.61 Å². The number of likely N-dealkylation sites (tertiary alicyclic amines) is 2. The molecule has 3 aromatic carbocycles. The molecule has 40 heavy (non-hydrogen) atoms. The van der Waals surface area contributed by atoms with Gasteiger partial charge >= 0.3 is 0 Å². The van der Waals surface area contributed by atoms with Crippen LogP contribution in [0.4, 0.5) is 0 Å². The highest BCUT2D eigenvalue weighted by Crippen LogP contribution is 2.43. The Labute approximate surface area is 234 Å². The summed E-state index contributed by atoms with van der Waals surface area (Å²) < 4.78 is 29.9. The van der Waals surface area contributed by atoms with E-state index in [1.54, 1.807) is 7.11 Å². The number of fused-ring (bicyclic) bond motifs is 6. The van der Waals surface area contributed by atoms with Crippen molar-refractivity contribution in [3.8, 4) is 28.9 Å². The average molecular weight is 544 g/mol. The van der Waals surface area contributed by atoms with Crippen LogP contribution in [0.1, 0.15) is 32.1 Å². The van der Waals surface area contributed by atoms with Crippen molar-refractivity contribution in [2.24, 2.45) is 0 Å². The third-order valence-corrected chi connectivity index (χ3v) is 8.44. The van der Waals surface area contributed by atoms with Gasteiger partial charge in [-0.1, -0.05) is 12.1 Å². The quantitative estimate of drug-likeness (QED) is 0.189. The number of nitrogens with zero attached hydrogens (tertiary/aromatic N) is 3. The van der Waals surface area contributed by atoms with Crippen LogP contribution >= 0.6 is 0 Å². The highest BCUT2D eigenvalue weighted by Gasteiger charge is 2.20. The zero-order valence-electron chi connectivity index (χ0n) is 23.2. The molecule has 0 spiro atoms. The van der Waals surface area contributed by atoms with Gasteiger partial charge in [-0.05, 0) is 87.9 Å². The number of methoxy groups -OCH3 is 1. The number of rotatable bonds is 10. The first-order chi connectivity index (χ1) is 19.8. The molecule has 4 aromatic rings. The zero-order chi connectivity index (χ0) is 26.9. The molecule has 0 aliphatic carbocycles. The van der Waals surface area contributed by atoms with Crippen molar-refractivity contribution >= 4 is 32.4 Å². The van der Waals surface area contributed by atoms with Crippen molar-refractivity contribution in [1.82, 2.24) is 14.8 Å². The molecule has 0 radical (unpaired) electrons. The Hall–Kier alpha value is -3.49. The maximum Gasteiger partial charge on any atom is 0.231 e. The molecule has 210 valence electrons. The van der Waals surface area contributed by atoms with Crippen LogP contribution in [0.2, 0.25) is 0 Å². The summed E-state index contributed by atoms with van der Waals surface area (Å²) in [5.74, 6) is 3.58. The van der Waals surface area contributed by atoms with Crippen LogP contribution in [0.3, 0.4) is 0 Å². The first-order valence-corrected chi connectivity index (χ1v) is 14.6. The highest BCUT2D eigenvalue weighted by atomic mass is 16.7. The summed E-state index contributed by atoms with van der Waals surface area (Å²) in [6.07, 6.45) is 6.12. The fraction of sp³-hybridized carbons (Fsp3) is 0.469. The van der Waals surface area contributed by atoms with Crippen LogP contribution in [0.15, 0.2) is 36.4 Å². The summed E-state index contributed by atoms with van der Waals surface area (Å²) >= 11 is 0. The molecular formula is C32H37N3O5. The normalized spacial score (nSPS) is 17.4. The second-order valence-electron chi connectivity index (χ2n) is 11.0. The minimum atomic E-state index is 0.239. The molecule has 7 rings (SSSR count). The Kier molecular flexibility index (Phi) is 7.12. The van der Waals surface area contributed by atoms with Crippen LogP contribution in [-0.2, 0) is 0 Å². The van der Waals surface area contributed by atoms with E-state index in [4.69, 9.17) is 28.7 Å². The molecule has 1 aromatic heterocycles. The van der Waals surface area contributed by atoms with Gasteiger partial charge in [-0.15, -0.1) is 0 Å². The third-order valence-electron chi connectivity index (χ3n) is 8.44. The van der Waals surface area contributed by atoms with Crippen molar-refractivity contribution < 1.29 is 23.7 Å². The fourth-order valence-corrected chi connectivity index (χ4v) is 6.29. The van der Waals surface area contributed by atoms with Crippen LogP contribution < -0.4 is 23.7 Å². The summed E-state index contributed by atoms with van der Waals surface area (Å²) in [5.41, 5.74) is 0.879. The first kappa shape index (κ1) is 25.5. The van der Waals surface area contributed by atoms with Crippen molar-refractivity contribution in [2.75, 3.05) is 66.4 Å². The lowest BCUT2D eigenvalue weighted by Gasteiger charge is -2.18. The summed E-state index contributed by atoms with van der Waals surface area (Å²) in [6, 6.07) is 12.4. The molecule has 3 aliphatic heterocycles. The summed E-state index contributed by atoms with van der Waals surface area (Å²) in [5, 5.41) is 5.07. The standard InChI is InChI=1S/C32H37N3O5/c1-36-27-20-26-25(19-29(27)37-15-6-13-34-9-2-3-10-34)23-8-7-22-17-28-30(40-21-39-28)18-24(22)31(23)33-32(26)38-16-14-35-11-4-5-12-35/h7-8,17-20H,2-6,9-16,21H2,1H3. The Balaban J connectivity index is 1.27. The minimum Gasteiger partial charge on any atom is -0.493 e. The smallest absolute Gasteiger partial charge is 0.231 e. The maximum absolute atomic E-state index is 6.42. The van der Waals surface area contributed by atoms with Gasteiger partial charge in [-0.25, -0.2) is 4.98 Å². The average Bonchev–Trinajstić information content (AvgIpc) is 3.77. The Morgan fingerprint density at radius 3 is 2.23 bits per heavy atom. The van der Waals surface area contributed by atoms with E-state index in [1.165, 1.54) is 38.8 Å². The number of aromatic nitrogens is 1. The number of hydrogen-bond acceptors (Lipinski definition) is 8. The van der Waals surface area contributed by atoms with E-state index >= 15 is 0 Å². The van der Waals surface area contributed by atoms with Gasteiger partial charge in [-0.3, -0.25) is 4.90 Å². The molecule has 0 saturated carbocycles.